The molecule has 2 aromatic heterocycles. The average Bonchev–Trinajstić information content (AvgIpc) is 3.13. The highest BCUT2D eigenvalue weighted by atomic mass is 35.5. The maximum absolute atomic E-state index is 11.6. The fraction of sp³-hybridized carbons (Fsp3) is 0. The van der Waals surface area contributed by atoms with Crippen molar-refractivity contribution in [1.29, 1.82) is 0 Å². The van der Waals surface area contributed by atoms with E-state index in [0.29, 0.717) is 38.2 Å². The molecule has 0 amide bonds. The van der Waals surface area contributed by atoms with E-state index in [-0.39, 0.29) is 5.56 Å². The number of pyridine rings is 1. The molecule has 4 rings (SSSR count). The molecule has 4 aromatic rings. The van der Waals surface area contributed by atoms with Gasteiger partial charge in [-0.3, -0.25) is 0 Å². The molecule has 0 unspecified atom stereocenters. The van der Waals surface area contributed by atoms with Gasteiger partial charge in [0, 0.05) is 10.9 Å². The van der Waals surface area contributed by atoms with Crippen LogP contribution in [0.1, 0.15) is 10.4 Å². The molecule has 0 saturated heterocycles. The third kappa shape index (κ3) is 2.94. The molecule has 0 aliphatic carbocycles. The zero-order valence-corrected chi connectivity index (χ0v) is 14.8. The molecule has 0 saturated carbocycles. The van der Waals surface area contributed by atoms with Crippen LogP contribution in [0.3, 0.4) is 0 Å². The summed E-state index contributed by atoms with van der Waals surface area (Å²) in [6, 6.07) is 17.4. The lowest BCUT2D eigenvalue weighted by Crippen LogP contribution is -1.99. The molecule has 0 spiro atoms. The third-order valence-corrected chi connectivity index (χ3v) is 4.75. The van der Waals surface area contributed by atoms with Crippen molar-refractivity contribution < 1.29 is 14.3 Å². The molecule has 2 aromatic carbocycles. The van der Waals surface area contributed by atoms with Crippen molar-refractivity contribution in [2.75, 3.05) is 0 Å². The molecule has 0 atom stereocenters. The minimum absolute atomic E-state index is 0.179. The molecule has 0 fully saturated rings. The minimum atomic E-state index is -1.01. The zero-order chi connectivity index (χ0) is 18.3. The van der Waals surface area contributed by atoms with Gasteiger partial charge in [0.05, 0.1) is 21.1 Å². The van der Waals surface area contributed by atoms with Crippen LogP contribution in [-0.2, 0) is 0 Å². The number of hydrogen-bond donors (Lipinski definition) is 1. The van der Waals surface area contributed by atoms with Crippen LogP contribution in [0, 0.1) is 0 Å². The standard InChI is InChI=1S/C20H11Cl2NO3/c21-14-6-5-11(9-15(14)22)18-7-8-19(26-18)17-10-13(20(24)25)12-3-1-2-4-16(12)23-17/h1-10H,(H,24,25). The van der Waals surface area contributed by atoms with Crippen molar-refractivity contribution >= 4 is 40.1 Å². The Morgan fingerprint density at radius 3 is 2.46 bits per heavy atom. The van der Waals surface area contributed by atoms with E-state index in [1.165, 1.54) is 6.07 Å². The zero-order valence-electron chi connectivity index (χ0n) is 13.2. The second kappa shape index (κ2) is 6.48. The van der Waals surface area contributed by atoms with Crippen LogP contribution in [0.2, 0.25) is 10.0 Å². The first kappa shape index (κ1) is 16.6. The Bertz CT molecular complexity index is 1150. The van der Waals surface area contributed by atoms with Gasteiger partial charge < -0.3 is 9.52 Å². The molecule has 0 radical (unpaired) electrons. The van der Waals surface area contributed by atoms with Gasteiger partial charge in [0.25, 0.3) is 0 Å². The van der Waals surface area contributed by atoms with Crippen molar-refractivity contribution in [2.45, 2.75) is 0 Å². The van der Waals surface area contributed by atoms with Gasteiger partial charge in [0.2, 0.25) is 0 Å². The Morgan fingerprint density at radius 2 is 1.69 bits per heavy atom. The van der Waals surface area contributed by atoms with Gasteiger partial charge in [-0.15, -0.1) is 0 Å². The van der Waals surface area contributed by atoms with Gasteiger partial charge in [-0.25, -0.2) is 9.78 Å². The molecule has 2 heterocycles. The predicted octanol–water partition coefficient (Wildman–Crippen LogP) is 6.17. The van der Waals surface area contributed by atoms with Crippen LogP contribution in [0.4, 0.5) is 0 Å². The molecule has 26 heavy (non-hydrogen) atoms. The SMILES string of the molecule is O=C(O)c1cc(-c2ccc(-c3ccc(Cl)c(Cl)c3)o2)nc2ccccc12. The first-order chi connectivity index (χ1) is 12.5. The summed E-state index contributed by atoms with van der Waals surface area (Å²) in [7, 11) is 0. The molecular formula is C20H11Cl2NO3. The van der Waals surface area contributed by atoms with E-state index in [1.54, 1.807) is 48.5 Å². The van der Waals surface area contributed by atoms with E-state index in [1.807, 2.05) is 6.07 Å². The molecule has 0 bridgehead atoms. The monoisotopic (exact) mass is 383 g/mol. The van der Waals surface area contributed by atoms with Crippen LogP contribution >= 0.6 is 23.2 Å². The number of carboxylic acids is 1. The quantitative estimate of drug-likeness (QED) is 0.459. The number of nitrogens with zero attached hydrogens (tertiary/aromatic N) is 1. The van der Waals surface area contributed by atoms with Crippen molar-refractivity contribution in [2.24, 2.45) is 0 Å². The Balaban J connectivity index is 1.82. The van der Waals surface area contributed by atoms with Crippen LogP contribution in [0.15, 0.2) is 65.1 Å². The number of rotatable bonds is 3. The summed E-state index contributed by atoms with van der Waals surface area (Å²) in [6.45, 7) is 0. The molecule has 128 valence electrons. The number of aromatic carboxylic acids is 1. The van der Waals surface area contributed by atoms with Crippen molar-refractivity contribution in [1.82, 2.24) is 4.98 Å². The van der Waals surface area contributed by atoms with Gasteiger partial charge >= 0.3 is 5.97 Å². The average molecular weight is 384 g/mol. The lowest BCUT2D eigenvalue weighted by atomic mass is 10.1. The van der Waals surface area contributed by atoms with E-state index in [0.717, 1.165) is 5.56 Å². The van der Waals surface area contributed by atoms with Gasteiger partial charge in [-0.05, 0) is 42.5 Å². The van der Waals surface area contributed by atoms with Gasteiger partial charge in [-0.2, -0.15) is 0 Å². The second-order valence-corrected chi connectivity index (χ2v) is 6.48. The molecule has 0 aliphatic heterocycles. The molecule has 6 heteroatoms. The normalized spacial score (nSPS) is 11.0. The number of carboxylic acid groups (broad SMARTS) is 1. The van der Waals surface area contributed by atoms with Crippen LogP contribution < -0.4 is 0 Å². The smallest absolute Gasteiger partial charge is 0.336 e. The first-order valence-corrected chi connectivity index (χ1v) is 8.47. The number of fused-ring (bicyclic) bond motifs is 1. The van der Waals surface area contributed by atoms with E-state index in [4.69, 9.17) is 27.6 Å². The number of hydrogen-bond acceptors (Lipinski definition) is 3. The number of halogens is 2. The summed E-state index contributed by atoms with van der Waals surface area (Å²) < 4.78 is 5.88. The van der Waals surface area contributed by atoms with Gasteiger partial charge in [-0.1, -0.05) is 41.4 Å². The van der Waals surface area contributed by atoms with Crippen LogP contribution in [0.5, 0.6) is 0 Å². The van der Waals surface area contributed by atoms with Crippen LogP contribution in [0.25, 0.3) is 33.7 Å². The third-order valence-electron chi connectivity index (χ3n) is 4.01. The van der Waals surface area contributed by atoms with Crippen LogP contribution in [-0.4, -0.2) is 16.1 Å². The van der Waals surface area contributed by atoms with Gasteiger partial charge in [0.15, 0.2) is 5.76 Å². The maximum Gasteiger partial charge on any atom is 0.336 e. The van der Waals surface area contributed by atoms with E-state index >= 15 is 0 Å². The molecule has 4 nitrogen and oxygen atoms in total. The summed E-state index contributed by atoms with van der Waals surface area (Å²) in [5, 5.41) is 11.0. The summed E-state index contributed by atoms with van der Waals surface area (Å²) in [5.74, 6) is 0.0471. The molecule has 1 N–H and O–H groups in total. The number of para-hydroxylation sites is 1. The first-order valence-electron chi connectivity index (χ1n) is 7.71. The van der Waals surface area contributed by atoms with E-state index < -0.39 is 5.97 Å². The van der Waals surface area contributed by atoms with E-state index in [9.17, 15) is 9.90 Å². The number of carbonyl (C=O) groups is 1. The van der Waals surface area contributed by atoms with E-state index in [2.05, 4.69) is 4.98 Å². The number of furan rings is 1. The number of benzene rings is 2. The Kier molecular flexibility index (Phi) is 4.15. The predicted molar refractivity (Wildman–Crippen MR) is 102 cm³/mol. The Labute approximate surface area is 158 Å². The summed E-state index contributed by atoms with van der Waals surface area (Å²) in [6.07, 6.45) is 0. The number of aromatic nitrogens is 1. The lowest BCUT2D eigenvalue weighted by molar-refractivity contribution is 0.0699. The summed E-state index contributed by atoms with van der Waals surface area (Å²) >= 11 is 12.0. The van der Waals surface area contributed by atoms with Crippen molar-refractivity contribution in [3.8, 4) is 22.8 Å². The largest absolute Gasteiger partial charge is 0.478 e. The van der Waals surface area contributed by atoms with Gasteiger partial charge in [0.1, 0.15) is 11.5 Å². The van der Waals surface area contributed by atoms with Crippen molar-refractivity contribution in [3.63, 3.8) is 0 Å². The molecular weight excluding hydrogens is 373 g/mol. The lowest BCUT2D eigenvalue weighted by Gasteiger charge is -2.05. The highest BCUT2D eigenvalue weighted by Crippen LogP contribution is 2.33. The topological polar surface area (TPSA) is 63.3 Å². The Morgan fingerprint density at radius 1 is 0.923 bits per heavy atom. The fourth-order valence-electron chi connectivity index (χ4n) is 2.76. The minimum Gasteiger partial charge on any atom is -0.478 e. The maximum atomic E-state index is 11.6. The second-order valence-electron chi connectivity index (χ2n) is 5.67. The Hall–Kier alpha value is -2.82. The summed E-state index contributed by atoms with van der Waals surface area (Å²) in [5.41, 5.74) is 1.99. The molecule has 0 aliphatic rings. The highest BCUT2D eigenvalue weighted by molar-refractivity contribution is 6.42. The highest BCUT2D eigenvalue weighted by Gasteiger charge is 2.15. The summed E-state index contributed by atoms with van der Waals surface area (Å²) in [4.78, 5) is 16.1. The van der Waals surface area contributed by atoms with Crippen molar-refractivity contribution in [3.05, 3.63) is 76.3 Å². The fourth-order valence-corrected chi connectivity index (χ4v) is 3.06.